The molecule has 270 valence electrons. The van der Waals surface area contributed by atoms with Gasteiger partial charge in [0, 0.05) is 25.7 Å². The summed E-state index contributed by atoms with van der Waals surface area (Å²) in [4.78, 5) is 15.0. The lowest BCUT2D eigenvalue weighted by molar-refractivity contribution is -0.145. The Morgan fingerprint density at radius 2 is 1.16 bits per heavy atom. The molecule has 0 aliphatic rings. The van der Waals surface area contributed by atoms with Gasteiger partial charge in [-0.05, 0) is 83.7 Å². The lowest BCUT2D eigenvalue weighted by Gasteiger charge is -2.31. The maximum atomic E-state index is 12.4. The molecule has 0 heterocycles. The van der Waals surface area contributed by atoms with Gasteiger partial charge in [-0.1, -0.05) is 124 Å². The fourth-order valence-electron chi connectivity index (χ4n) is 6.52. The van der Waals surface area contributed by atoms with E-state index in [1.807, 2.05) is 6.92 Å². The minimum atomic E-state index is -0.590. The Labute approximate surface area is 280 Å². The first-order chi connectivity index (χ1) is 22.0. The highest BCUT2D eigenvalue weighted by Gasteiger charge is 2.16. The second-order valence-corrected chi connectivity index (χ2v) is 13.5. The van der Waals surface area contributed by atoms with Gasteiger partial charge in [0.2, 0.25) is 0 Å². The number of rotatable bonds is 36. The summed E-state index contributed by atoms with van der Waals surface area (Å²) in [6, 6.07) is 0.651. The monoisotopic (exact) mass is 642 g/mol. The molecule has 3 unspecified atom stereocenters. The summed E-state index contributed by atoms with van der Waals surface area (Å²) in [6.45, 7) is 12.4. The lowest BCUT2D eigenvalue weighted by atomic mass is 9.96. The Bertz CT molecular complexity index is 604. The molecular weight excluding hydrogens is 562 g/mol. The number of hydrogen-bond donors (Lipinski definition) is 2. The Morgan fingerprint density at radius 3 is 1.73 bits per heavy atom. The molecule has 0 aliphatic carbocycles. The van der Waals surface area contributed by atoms with E-state index in [0.717, 1.165) is 51.6 Å². The van der Waals surface area contributed by atoms with Gasteiger partial charge in [0.25, 0.3) is 0 Å². The van der Waals surface area contributed by atoms with E-state index in [4.69, 9.17) is 9.47 Å². The molecule has 0 aromatic rings. The SMILES string of the molecule is CCCCCCC(CCCC)COC(=O)CCCCCCCCC(CCCCCCCCC(O)OCC)N(CC)CCCCO. The van der Waals surface area contributed by atoms with E-state index in [1.54, 1.807) is 0 Å². The van der Waals surface area contributed by atoms with Crippen molar-refractivity contribution in [3.8, 4) is 0 Å². The molecule has 0 aliphatic heterocycles. The standard InChI is InChI=1S/C39H79NO5/c1-5-9-11-20-28-36(27-10-6-2)35-45-39(43)32-24-19-15-13-17-22-30-37(40(7-3)33-25-26-34-41)29-21-16-12-14-18-23-31-38(42)44-8-4/h36-38,41-42H,5-35H2,1-4H3. The average molecular weight is 642 g/mol. The van der Waals surface area contributed by atoms with E-state index in [-0.39, 0.29) is 5.97 Å². The number of carbonyl (C=O) groups is 1. The van der Waals surface area contributed by atoms with Crippen LogP contribution in [0.4, 0.5) is 0 Å². The third-order valence-corrected chi connectivity index (χ3v) is 9.45. The van der Waals surface area contributed by atoms with Gasteiger partial charge < -0.3 is 24.6 Å². The Hall–Kier alpha value is -0.690. The van der Waals surface area contributed by atoms with Crippen molar-refractivity contribution < 1.29 is 24.5 Å². The van der Waals surface area contributed by atoms with Gasteiger partial charge in [0.15, 0.2) is 6.29 Å². The molecule has 0 spiro atoms. The van der Waals surface area contributed by atoms with Crippen LogP contribution in [0, 0.1) is 5.92 Å². The summed E-state index contributed by atoms with van der Waals surface area (Å²) in [7, 11) is 0. The number of carbonyl (C=O) groups excluding carboxylic acids is 1. The third-order valence-electron chi connectivity index (χ3n) is 9.45. The first-order valence-electron chi connectivity index (χ1n) is 19.8. The zero-order chi connectivity index (χ0) is 33.2. The van der Waals surface area contributed by atoms with Crippen molar-refractivity contribution in [1.82, 2.24) is 4.90 Å². The van der Waals surface area contributed by atoms with Crippen molar-refractivity contribution in [3.05, 3.63) is 0 Å². The van der Waals surface area contributed by atoms with E-state index < -0.39 is 6.29 Å². The maximum absolute atomic E-state index is 12.4. The molecule has 6 heteroatoms. The number of aliphatic hydroxyl groups is 2. The van der Waals surface area contributed by atoms with Gasteiger partial charge in [-0.25, -0.2) is 0 Å². The van der Waals surface area contributed by atoms with Crippen LogP contribution in [0.1, 0.15) is 195 Å². The largest absolute Gasteiger partial charge is 0.465 e. The van der Waals surface area contributed by atoms with Crippen LogP contribution in [0.25, 0.3) is 0 Å². The number of aliphatic hydroxyl groups excluding tert-OH is 2. The number of nitrogens with zero attached hydrogens (tertiary/aromatic N) is 1. The van der Waals surface area contributed by atoms with E-state index in [1.165, 1.54) is 122 Å². The molecule has 0 radical (unpaired) electrons. The van der Waals surface area contributed by atoms with Crippen molar-refractivity contribution in [2.75, 3.05) is 32.9 Å². The van der Waals surface area contributed by atoms with E-state index in [2.05, 4.69) is 25.7 Å². The lowest BCUT2D eigenvalue weighted by Crippen LogP contribution is -2.36. The summed E-state index contributed by atoms with van der Waals surface area (Å²) in [5.41, 5.74) is 0. The molecule has 0 aromatic carbocycles. The van der Waals surface area contributed by atoms with E-state index >= 15 is 0 Å². The van der Waals surface area contributed by atoms with Crippen LogP contribution >= 0.6 is 0 Å². The summed E-state index contributed by atoms with van der Waals surface area (Å²) in [5, 5.41) is 19.0. The van der Waals surface area contributed by atoms with Gasteiger partial charge in [-0.2, -0.15) is 0 Å². The summed E-state index contributed by atoms with van der Waals surface area (Å²) in [5.74, 6) is 0.555. The highest BCUT2D eigenvalue weighted by Crippen LogP contribution is 2.21. The first-order valence-corrected chi connectivity index (χ1v) is 19.8. The smallest absolute Gasteiger partial charge is 0.305 e. The maximum Gasteiger partial charge on any atom is 0.305 e. The fraction of sp³-hybridized carbons (Fsp3) is 0.974. The average Bonchev–Trinajstić information content (AvgIpc) is 3.04. The molecule has 0 amide bonds. The molecular formula is C39H79NO5. The number of unbranched alkanes of at least 4 members (excludes halogenated alkanes) is 15. The molecule has 0 aromatic heterocycles. The molecule has 2 N–H and O–H groups in total. The second kappa shape index (κ2) is 34.6. The summed E-state index contributed by atoms with van der Waals surface area (Å²) < 4.78 is 10.9. The van der Waals surface area contributed by atoms with Crippen molar-refractivity contribution >= 4 is 5.97 Å². The molecule has 0 saturated heterocycles. The van der Waals surface area contributed by atoms with E-state index in [9.17, 15) is 15.0 Å². The van der Waals surface area contributed by atoms with Gasteiger partial charge in [0.05, 0.1) is 6.61 Å². The Balaban J connectivity index is 4.20. The van der Waals surface area contributed by atoms with E-state index in [0.29, 0.717) is 38.2 Å². The predicted octanol–water partition coefficient (Wildman–Crippen LogP) is 10.4. The van der Waals surface area contributed by atoms with Crippen LogP contribution in [0.15, 0.2) is 0 Å². The van der Waals surface area contributed by atoms with Crippen molar-refractivity contribution in [3.63, 3.8) is 0 Å². The molecule has 0 rings (SSSR count). The topological polar surface area (TPSA) is 79.2 Å². The number of ether oxygens (including phenoxy) is 2. The van der Waals surface area contributed by atoms with Crippen LogP contribution in [0.3, 0.4) is 0 Å². The molecule has 0 saturated carbocycles. The van der Waals surface area contributed by atoms with Crippen LogP contribution in [0.2, 0.25) is 0 Å². The minimum absolute atomic E-state index is 0.00845. The Morgan fingerprint density at radius 1 is 0.622 bits per heavy atom. The van der Waals surface area contributed by atoms with Gasteiger partial charge in [0.1, 0.15) is 0 Å². The zero-order valence-electron chi connectivity index (χ0n) is 30.7. The molecule has 6 nitrogen and oxygen atoms in total. The Kier molecular flexibility index (Phi) is 34.1. The quantitative estimate of drug-likeness (QED) is 0.0403. The summed E-state index contributed by atoms with van der Waals surface area (Å²) >= 11 is 0. The fourth-order valence-corrected chi connectivity index (χ4v) is 6.52. The molecule has 0 bridgehead atoms. The van der Waals surface area contributed by atoms with Gasteiger partial charge >= 0.3 is 5.97 Å². The van der Waals surface area contributed by atoms with Crippen LogP contribution < -0.4 is 0 Å². The summed E-state index contributed by atoms with van der Waals surface area (Å²) in [6.07, 6.45) is 29.7. The first kappa shape index (κ1) is 44.3. The van der Waals surface area contributed by atoms with Crippen molar-refractivity contribution in [2.24, 2.45) is 5.92 Å². The van der Waals surface area contributed by atoms with Gasteiger partial charge in [-0.15, -0.1) is 0 Å². The van der Waals surface area contributed by atoms with Crippen molar-refractivity contribution in [2.45, 2.75) is 207 Å². The number of esters is 1. The molecule has 3 atom stereocenters. The van der Waals surface area contributed by atoms with Gasteiger partial charge in [-0.3, -0.25) is 4.79 Å². The van der Waals surface area contributed by atoms with Crippen LogP contribution in [-0.4, -0.2) is 66.3 Å². The normalized spacial score (nSPS) is 13.8. The number of hydrogen-bond acceptors (Lipinski definition) is 6. The highest BCUT2D eigenvalue weighted by molar-refractivity contribution is 5.69. The molecule has 0 fully saturated rings. The van der Waals surface area contributed by atoms with Crippen LogP contribution in [-0.2, 0) is 14.3 Å². The predicted molar refractivity (Wildman–Crippen MR) is 192 cm³/mol. The van der Waals surface area contributed by atoms with Crippen LogP contribution in [0.5, 0.6) is 0 Å². The highest BCUT2D eigenvalue weighted by atomic mass is 16.6. The molecule has 45 heavy (non-hydrogen) atoms. The second-order valence-electron chi connectivity index (χ2n) is 13.5. The third kappa shape index (κ3) is 29.2. The zero-order valence-corrected chi connectivity index (χ0v) is 30.7. The minimum Gasteiger partial charge on any atom is -0.465 e. The van der Waals surface area contributed by atoms with Crippen molar-refractivity contribution in [1.29, 1.82) is 0 Å².